The van der Waals surface area contributed by atoms with E-state index in [1.165, 1.54) is 6.20 Å². The van der Waals surface area contributed by atoms with Crippen molar-refractivity contribution in [2.24, 2.45) is 0 Å². The first-order valence-electron chi connectivity index (χ1n) is 6.75. The highest BCUT2D eigenvalue weighted by Crippen LogP contribution is 2.27. The molecule has 0 atom stereocenters. The number of benzene rings is 1. The Kier molecular flexibility index (Phi) is 5.80. The Morgan fingerprint density at radius 1 is 1.41 bits per heavy atom. The average molecular weight is 384 g/mol. The Bertz CT molecular complexity index is 692. The van der Waals surface area contributed by atoms with Gasteiger partial charge in [-0.25, -0.2) is 0 Å². The van der Waals surface area contributed by atoms with Crippen molar-refractivity contribution in [1.29, 1.82) is 0 Å². The number of nitrogens with zero attached hydrogens (tertiary/aromatic N) is 1. The van der Waals surface area contributed by atoms with Gasteiger partial charge in [-0.15, -0.1) is 0 Å². The number of hydrogen-bond acceptors (Lipinski definition) is 3. The number of aryl methyl sites for hydroxylation is 1. The topological polar surface area (TPSA) is 51.2 Å². The van der Waals surface area contributed by atoms with Crippen molar-refractivity contribution in [3.05, 3.63) is 56.8 Å². The van der Waals surface area contributed by atoms with Crippen LogP contribution in [0.3, 0.4) is 0 Å². The molecule has 1 N–H and O–H groups in total. The number of methoxy groups -OCH3 is 1. The first-order valence-corrected chi connectivity index (χ1v) is 7.92. The monoisotopic (exact) mass is 382 g/mol. The van der Waals surface area contributed by atoms with Gasteiger partial charge in [-0.05, 0) is 40.9 Å². The molecule has 2 rings (SSSR count). The molecule has 0 saturated carbocycles. The molecule has 116 valence electrons. The third-order valence-electron chi connectivity index (χ3n) is 3.25. The number of para-hydroxylation sites is 1. The fourth-order valence-corrected chi connectivity index (χ4v) is 2.75. The molecule has 4 nitrogen and oxygen atoms in total. The summed E-state index contributed by atoms with van der Waals surface area (Å²) in [7, 11) is 1.63. The van der Waals surface area contributed by atoms with Crippen LogP contribution >= 0.6 is 27.5 Å². The summed E-state index contributed by atoms with van der Waals surface area (Å²) in [5.74, 6) is 0.606. The molecule has 6 heteroatoms. The standard InChI is InChI=1S/C16H16BrClN2O2/c1-10-15(18)14(17)12(9-20-10)16(21)19-8-7-11-5-3-4-6-13(11)22-2/h3-6,9H,7-8H2,1-2H3,(H,19,21). The van der Waals surface area contributed by atoms with E-state index in [0.717, 1.165) is 11.3 Å². The van der Waals surface area contributed by atoms with Gasteiger partial charge in [0, 0.05) is 12.7 Å². The van der Waals surface area contributed by atoms with Crippen LogP contribution in [0.5, 0.6) is 5.75 Å². The van der Waals surface area contributed by atoms with Crippen molar-refractivity contribution in [1.82, 2.24) is 10.3 Å². The van der Waals surface area contributed by atoms with Crippen LogP contribution in [0.15, 0.2) is 34.9 Å². The first-order chi connectivity index (χ1) is 10.5. The fraction of sp³-hybridized carbons (Fsp3) is 0.250. The predicted octanol–water partition coefficient (Wildman–Crippen LogP) is 3.79. The smallest absolute Gasteiger partial charge is 0.254 e. The third kappa shape index (κ3) is 3.78. The zero-order valence-electron chi connectivity index (χ0n) is 12.3. The van der Waals surface area contributed by atoms with Gasteiger partial charge in [0.25, 0.3) is 5.91 Å². The summed E-state index contributed by atoms with van der Waals surface area (Å²) >= 11 is 9.43. The van der Waals surface area contributed by atoms with Crippen molar-refractivity contribution < 1.29 is 9.53 Å². The molecule has 0 radical (unpaired) electrons. The van der Waals surface area contributed by atoms with E-state index in [0.29, 0.717) is 33.7 Å². The maximum atomic E-state index is 12.2. The summed E-state index contributed by atoms with van der Waals surface area (Å²) in [5, 5.41) is 3.32. The van der Waals surface area contributed by atoms with E-state index in [1.54, 1.807) is 14.0 Å². The van der Waals surface area contributed by atoms with E-state index < -0.39 is 0 Å². The van der Waals surface area contributed by atoms with Crippen molar-refractivity contribution in [2.75, 3.05) is 13.7 Å². The Balaban J connectivity index is 2.00. The molecule has 0 spiro atoms. The highest BCUT2D eigenvalue weighted by atomic mass is 79.9. The lowest BCUT2D eigenvalue weighted by molar-refractivity contribution is 0.0953. The summed E-state index contributed by atoms with van der Waals surface area (Å²) in [6.45, 7) is 2.29. The SMILES string of the molecule is COc1ccccc1CCNC(=O)c1cnc(C)c(Cl)c1Br. The molecule has 0 saturated heterocycles. The molecule has 0 unspecified atom stereocenters. The van der Waals surface area contributed by atoms with Crippen molar-refractivity contribution in [2.45, 2.75) is 13.3 Å². The number of halogens is 2. The minimum absolute atomic E-state index is 0.212. The maximum absolute atomic E-state index is 12.2. The second-order valence-electron chi connectivity index (χ2n) is 4.70. The summed E-state index contributed by atoms with van der Waals surface area (Å²) < 4.78 is 5.85. The van der Waals surface area contributed by atoms with E-state index in [9.17, 15) is 4.79 Å². The number of hydrogen-bond donors (Lipinski definition) is 1. The van der Waals surface area contributed by atoms with Gasteiger partial charge in [-0.3, -0.25) is 9.78 Å². The molecule has 1 aromatic heterocycles. The van der Waals surface area contributed by atoms with Crippen LogP contribution in [0.4, 0.5) is 0 Å². The summed E-state index contributed by atoms with van der Waals surface area (Å²) in [6, 6.07) is 7.74. The van der Waals surface area contributed by atoms with Gasteiger partial charge < -0.3 is 10.1 Å². The zero-order chi connectivity index (χ0) is 16.1. The van der Waals surface area contributed by atoms with Crippen LogP contribution in [0.25, 0.3) is 0 Å². The molecule has 1 aromatic carbocycles. The normalized spacial score (nSPS) is 10.4. The maximum Gasteiger partial charge on any atom is 0.254 e. The molecule has 0 aliphatic heterocycles. The number of nitrogens with one attached hydrogen (secondary N) is 1. The highest BCUT2D eigenvalue weighted by Gasteiger charge is 2.14. The molecule has 0 aliphatic carbocycles. The van der Waals surface area contributed by atoms with Gasteiger partial charge in [0.15, 0.2) is 0 Å². The molecule has 22 heavy (non-hydrogen) atoms. The van der Waals surface area contributed by atoms with E-state index in [1.807, 2.05) is 24.3 Å². The van der Waals surface area contributed by atoms with Crippen molar-refractivity contribution >= 4 is 33.4 Å². The van der Waals surface area contributed by atoms with Crippen LogP contribution in [-0.4, -0.2) is 24.5 Å². The molecule has 0 fully saturated rings. The minimum atomic E-state index is -0.212. The predicted molar refractivity (Wildman–Crippen MR) is 90.7 cm³/mol. The van der Waals surface area contributed by atoms with Gasteiger partial charge in [-0.2, -0.15) is 0 Å². The lowest BCUT2D eigenvalue weighted by Gasteiger charge is -2.10. The van der Waals surface area contributed by atoms with Crippen LogP contribution in [0.1, 0.15) is 21.6 Å². The van der Waals surface area contributed by atoms with Crippen LogP contribution < -0.4 is 10.1 Å². The molecule has 0 aliphatic rings. The van der Waals surface area contributed by atoms with Gasteiger partial charge in [0.05, 0.1) is 27.9 Å². The van der Waals surface area contributed by atoms with E-state index in [2.05, 4.69) is 26.2 Å². The van der Waals surface area contributed by atoms with E-state index in [4.69, 9.17) is 16.3 Å². The van der Waals surface area contributed by atoms with E-state index >= 15 is 0 Å². The lowest BCUT2D eigenvalue weighted by Crippen LogP contribution is -2.26. The minimum Gasteiger partial charge on any atom is -0.496 e. The highest BCUT2D eigenvalue weighted by molar-refractivity contribution is 9.10. The number of amides is 1. The van der Waals surface area contributed by atoms with Gasteiger partial charge in [-0.1, -0.05) is 29.8 Å². The number of ether oxygens (including phenoxy) is 1. The van der Waals surface area contributed by atoms with Gasteiger partial charge in [0.1, 0.15) is 5.75 Å². The summed E-state index contributed by atoms with van der Waals surface area (Å²) in [6.07, 6.45) is 2.20. The molecule has 0 bridgehead atoms. The number of rotatable bonds is 5. The average Bonchev–Trinajstić information content (AvgIpc) is 2.53. The Hall–Kier alpha value is -1.59. The van der Waals surface area contributed by atoms with Crippen molar-refractivity contribution in [3.63, 3.8) is 0 Å². The zero-order valence-corrected chi connectivity index (χ0v) is 14.7. The van der Waals surface area contributed by atoms with Gasteiger partial charge in [0.2, 0.25) is 0 Å². The van der Waals surface area contributed by atoms with Crippen LogP contribution in [-0.2, 0) is 6.42 Å². The number of carbonyl (C=O) groups is 1. The summed E-state index contributed by atoms with van der Waals surface area (Å²) in [5.41, 5.74) is 2.15. The molecule has 1 amide bonds. The Morgan fingerprint density at radius 3 is 2.86 bits per heavy atom. The van der Waals surface area contributed by atoms with Crippen LogP contribution in [0, 0.1) is 6.92 Å². The number of pyridine rings is 1. The second-order valence-corrected chi connectivity index (χ2v) is 5.87. The molecular formula is C16H16BrClN2O2. The number of carbonyl (C=O) groups excluding carboxylic acids is 1. The fourth-order valence-electron chi connectivity index (χ4n) is 2.03. The Labute approximate surface area is 143 Å². The Morgan fingerprint density at radius 2 is 2.14 bits per heavy atom. The quantitative estimate of drug-likeness (QED) is 0.854. The molecule has 2 aromatic rings. The van der Waals surface area contributed by atoms with Gasteiger partial charge >= 0.3 is 0 Å². The largest absolute Gasteiger partial charge is 0.496 e. The second kappa shape index (κ2) is 7.61. The molecule has 1 heterocycles. The van der Waals surface area contributed by atoms with Crippen molar-refractivity contribution in [3.8, 4) is 5.75 Å². The third-order valence-corrected chi connectivity index (χ3v) is 4.77. The van der Waals surface area contributed by atoms with Crippen LogP contribution in [0.2, 0.25) is 5.02 Å². The first kappa shape index (κ1) is 16.8. The van der Waals surface area contributed by atoms with E-state index in [-0.39, 0.29) is 5.91 Å². The number of aromatic nitrogens is 1. The summed E-state index contributed by atoms with van der Waals surface area (Å²) in [4.78, 5) is 16.3. The molecular weight excluding hydrogens is 368 g/mol. The lowest BCUT2D eigenvalue weighted by atomic mass is 10.1.